The minimum absolute atomic E-state index is 0.0938. The number of aliphatic hydroxyl groups excluding tert-OH is 1. The van der Waals surface area contributed by atoms with Gasteiger partial charge in [-0.1, -0.05) is 6.07 Å². The molecule has 0 saturated heterocycles. The second-order valence-electron chi connectivity index (χ2n) is 5.03. The van der Waals surface area contributed by atoms with Gasteiger partial charge in [-0.3, -0.25) is 5.32 Å². The first-order valence-electron chi connectivity index (χ1n) is 6.80. The van der Waals surface area contributed by atoms with Gasteiger partial charge in [0.05, 0.1) is 12.3 Å². The largest absolute Gasteiger partial charge is 0.395 e. The Morgan fingerprint density at radius 2 is 1.86 bits per heavy atom. The Hall–Kier alpha value is -2.34. The maximum Gasteiger partial charge on any atom is 0.320 e. The Morgan fingerprint density at radius 3 is 2.48 bits per heavy atom. The predicted molar refractivity (Wildman–Crippen MR) is 81.9 cm³/mol. The number of hydrogen-bond acceptors (Lipinski definition) is 3. The van der Waals surface area contributed by atoms with Crippen LogP contribution < -0.4 is 10.6 Å². The van der Waals surface area contributed by atoms with Gasteiger partial charge in [-0.25, -0.2) is 9.48 Å². The lowest BCUT2D eigenvalue weighted by atomic mass is 10.1. The van der Waals surface area contributed by atoms with Crippen molar-refractivity contribution in [3.05, 3.63) is 41.1 Å². The number of rotatable bonds is 4. The topological polar surface area (TPSA) is 79.2 Å². The van der Waals surface area contributed by atoms with Crippen molar-refractivity contribution in [2.45, 2.75) is 20.8 Å². The quantitative estimate of drug-likeness (QED) is 0.804. The van der Waals surface area contributed by atoms with Gasteiger partial charge in [0.1, 0.15) is 0 Å². The molecule has 0 bridgehead atoms. The molecule has 0 aliphatic rings. The SMILES string of the molecule is Cc1cc(C)cc(-n2nc(NC(=O)NCCO)cc2C)c1. The Kier molecular flexibility index (Phi) is 4.59. The normalized spacial score (nSPS) is 10.5. The van der Waals surface area contributed by atoms with Crippen LogP contribution in [0.4, 0.5) is 10.6 Å². The van der Waals surface area contributed by atoms with Gasteiger partial charge >= 0.3 is 6.03 Å². The highest BCUT2D eigenvalue weighted by molar-refractivity contribution is 5.88. The van der Waals surface area contributed by atoms with Crippen molar-refractivity contribution in [3.63, 3.8) is 0 Å². The van der Waals surface area contributed by atoms with Crippen LogP contribution in [-0.4, -0.2) is 34.1 Å². The summed E-state index contributed by atoms with van der Waals surface area (Å²) in [4.78, 5) is 11.6. The maximum atomic E-state index is 11.6. The second-order valence-corrected chi connectivity index (χ2v) is 5.03. The van der Waals surface area contributed by atoms with Crippen LogP contribution in [0.2, 0.25) is 0 Å². The van der Waals surface area contributed by atoms with E-state index in [0.717, 1.165) is 22.5 Å². The van der Waals surface area contributed by atoms with E-state index in [4.69, 9.17) is 5.11 Å². The van der Waals surface area contributed by atoms with E-state index in [1.165, 1.54) is 0 Å². The van der Waals surface area contributed by atoms with Crippen molar-refractivity contribution in [2.24, 2.45) is 0 Å². The van der Waals surface area contributed by atoms with E-state index in [1.54, 1.807) is 10.7 Å². The first-order chi connectivity index (χ1) is 9.99. The lowest BCUT2D eigenvalue weighted by Crippen LogP contribution is -2.31. The molecular weight excluding hydrogens is 268 g/mol. The molecule has 0 spiro atoms. The van der Waals surface area contributed by atoms with Crippen molar-refractivity contribution in [2.75, 3.05) is 18.5 Å². The number of aryl methyl sites for hydroxylation is 3. The van der Waals surface area contributed by atoms with Crippen molar-refractivity contribution >= 4 is 11.8 Å². The summed E-state index contributed by atoms with van der Waals surface area (Å²) in [5, 5.41) is 18.2. The number of anilines is 1. The van der Waals surface area contributed by atoms with Gasteiger partial charge in [0, 0.05) is 18.3 Å². The fourth-order valence-corrected chi connectivity index (χ4v) is 2.20. The molecule has 0 atom stereocenters. The zero-order chi connectivity index (χ0) is 15.4. The van der Waals surface area contributed by atoms with Gasteiger partial charge in [0.2, 0.25) is 0 Å². The summed E-state index contributed by atoms with van der Waals surface area (Å²) in [7, 11) is 0. The smallest absolute Gasteiger partial charge is 0.320 e. The monoisotopic (exact) mass is 288 g/mol. The number of hydrogen-bond donors (Lipinski definition) is 3. The molecule has 0 aliphatic heterocycles. The van der Waals surface area contributed by atoms with Gasteiger partial charge in [-0.05, 0) is 44.0 Å². The van der Waals surface area contributed by atoms with Crippen LogP contribution in [0.15, 0.2) is 24.3 Å². The van der Waals surface area contributed by atoms with Crippen LogP contribution in [0.1, 0.15) is 16.8 Å². The molecule has 1 aromatic heterocycles. The predicted octanol–water partition coefficient (Wildman–Crippen LogP) is 1.91. The number of amides is 2. The highest BCUT2D eigenvalue weighted by Crippen LogP contribution is 2.17. The summed E-state index contributed by atoms with van der Waals surface area (Å²) < 4.78 is 1.79. The fraction of sp³-hybridized carbons (Fsp3) is 0.333. The molecule has 0 fully saturated rings. The molecule has 3 N–H and O–H groups in total. The lowest BCUT2D eigenvalue weighted by Gasteiger charge is -2.07. The molecule has 0 unspecified atom stereocenters. The van der Waals surface area contributed by atoms with Crippen molar-refractivity contribution in [1.29, 1.82) is 0 Å². The molecule has 2 amide bonds. The molecular formula is C15H20N4O2. The third-order valence-electron chi connectivity index (χ3n) is 2.98. The molecule has 2 aromatic rings. The van der Waals surface area contributed by atoms with Crippen LogP contribution in [0, 0.1) is 20.8 Å². The van der Waals surface area contributed by atoms with E-state index in [-0.39, 0.29) is 19.2 Å². The summed E-state index contributed by atoms with van der Waals surface area (Å²) in [6.07, 6.45) is 0. The van der Waals surface area contributed by atoms with Crippen molar-refractivity contribution in [3.8, 4) is 5.69 Å². The van der Waals surface area contributed by atoms with Crippen LogP contribution in [0.5, 0.6) is 0 Å². The third kappa shape index (κ3) is 3.82. The number of aliphatic hydroxyl groups is 1. The minimum atomic E-state index is -0.380. The Bertz CT molecular complexity index is 629. The number of aromatic nitrogens is 2. The van der Waals surface area contributed by atoms with E-state index in [1.807, 2.05) is 32.9 Å². The summed E-state index contributed by atoms with van der Waals surface area (Å²) in [6.45, 7) is 6.13. The second kappa shape index (κ2) is 6.41. The molecule has 6 heteroatoms. The standard InChI is InChI=1S/C15H20N4O2/c1-10-6-11(2)8-13(7-10)19-12(3)9-14(18-19)17-15(21)16-4-5-20/h6-9,20H,4-5H2,1-3H3,(H2,16,17,18,21). The van der Waals surface area contributed by atoms with Crippen LogP contribution in [0.25, 0.3) is 5.69 Å². The number of urea groups is 1. The Morgan fingerprint density at radius 1 is 1.19 bits per heavy atom. The van der Waals surface area contributed by atoms with Gasteiger partial charge in [0.15, 0.2) is 5.82 Å². The van der Waals surface area contributed by atoms with Crippen LogP contribution in [-0.2, 0) is 0 Å². The molecule has 112 valence electrons. The number of benzene rings is 1. The minimum Gasteiger partial charge on any atom is -0.395 e. The van der Waals surface area contributed by atoms with E-state index < -0.39 is 0 Å². The third-order valence-corrected chi connectivity index (χ3v) is 2.98. The maximum absolute atomic E-state index is 11.6. The summed E-state index contributed by atoms with van der Waals surface area (Å²) in [6, 6.07) is 7.61. The molecule has 0 radical (unpaired) electrons. The molecule has 6 nitrogen and oxygen atoms in total. The molecule has 1 aromatic carbocycles. The van der Waals surface area contributed by atoms with E-state index in [0.29, 0.717) is 5.82 Å². The molecule has 2 rings (SSSR count). The summed E-state index contributed by atoms with van der Waals surface area (Å²) in [5.41, 5.74) is 4.22. The fourth-order valence-electron chi connectivity index (χ4n) is 2.20. The zero-order valence-electron chi connectivity index (χ0n) is 12.5. The van der Waals surface area contributed by atoms with Gasteiger partial charge < -0.3 is 10.4 Å². The number of carbonyl (C=O) groups is 1. The number of nitrogens with zero attached hydrogens (tertiary/aromatic N) is 2. The highest BCUT2D eigenvalue weighted by atomic mass is 16.3. The lowest BCUT2D eigenvalue weighted by molar-refractivity contribution is 0.244. The molecule has 21 heavy (non-hydrogen) atoms. The average Bonchev–Trinajstić information content (AvgIpc) is 2.76. The first-order valence-corrected chi connectivity index (χ1v) is 6.80. The van der Waals surface area contributed by atoms with E-state index >= 15 is 0 Å². The number of nitrogens with one attached hydrogen (secondary N) is 2. The molecule has 0 saturated carbocycles. The summed E-state index contributed by atoms with van der Waals surface area (Å²) in [5.74, 6) is 0.474. The van der Waals surface area contributed by atoms with Crippen LogP contribution >= 0.6 is 0 Å². The van der Waals surface area contributed by atoms with E-state index in [2.05, 4.69) is 21.8 Å². The molecule has 0 aliphatic carbocycles. The zero-order valence-corrected chi connectivity index (χ0v) is 12.5. The van der Waals surface area contributed by atoms with Gasteiger partial charge in [-0.15, -0.1) is 5.10 Å². The number of carbonyl (C=O) groups excluding carboxylic acids is 1. The summed E-state index contributed by atoms with van der Waals surface area (Å²) >= 11 is 0. The highest BCUT2D eigenvalue weighted by Gasteiger charge is 2.09. The average molecular weight is 288 g/mol. The molecule has 1 heterocycles. The van der Waals surface area contributed by atoms with Crippen molar-refractivity contribution in [1.82, 2.24) is 15.1 Å². The van der Waals surface area contributed by atoms with Gasteiger partial charge in [-0.2, -0.15) is 0 Å². The Balaban J connectivity index is 2.21. The van der Waals surface area contributed by atoms with Crippen LogP contribution in [0.3, 0.4) is 0 Å². The Labute approximate surface area is 123 Å². The first kappa shape index (κ1) is 15.1. The van der Waals surface area contributed by atoms with E-state index in [9.17, 15) is 4.79 Å². The van der Waals surface area contributed by atoms with Crippen molar-refractivity contribution < 1.29 is 9.90 Å². The van der Waals surface area contributed by atoms with Gasteiger partial charge in [0.25, 0.3) is 0 Å².